The van der Waals surface area contributed by atoms with Gasteiger partial charge in [-0.3, -0.25) is 0 Å². The van der Waals surface area contributed by atoms with Crippen molar-refractivity contribution in [2.45, 2.75) is 17.5 Å². The van der Waals surface area contributed by atoms with E-state index < -0.39 is 26.7 Å². The van der Waals surface area contributed by atoms with Gasteiger partial charge in [-0.15, -0.1) is 0 Å². The third-order valence-electron chi connectivity index (χ3n) is 4.61. The van der Waals surface area contributed by atoms with Crippen LogP contribution in [-0.2, 0) is 16.2 Å². The van der Waals surface area contributed by atoms with Crippen molar-refractivity contribution < 1.29 is 21.6 Å². The smallest absolute Gasteiger partial charge is 0.384 e. The number of sulfonamides is 1. The number of halogens is 3. The second-order valence-corrected chi connectivity index (χ2v) is 8.13. The molecule has 0 radical (unpaired) electrons. The second kappa shape index (κ2) is 7.40. The predicted octanol–water partition coefficient (Wildman–Crippen LogP) is 3.29. The van der Waals surface area contributed by atoms with E-state index in [0.29, 0.717) is 12.6 Å². The molecule has 0 bridgehead atoms. The van der Waals surface area contributed by atoms with E-state index in [2.05, 4.69) is 10.2 Å². The Morgan fingerprint density at radius 1 is 1.15 bits per heavy atom. The lowest BCUT2D eigenvalue weighted by atomic mass is 10.1. The van der Waals surface area contributed by atoms with Gasteiger partial charge in [0, 0.05) is 31.0 Å². The number of nitrogens with zero attached hydrogens (tertiary/aromatic N) is 1. The number of rotatable bonds is 5. The fourth-order valence-corrected chi connectivity index (χ4v) is 3.76. The van der Waals surface area contributed by atoms with Crippen molar-refractivity contribution in [2.24, 2.45) is 11.1 Å². The maximum atomic E-state index is 13.3. The Balaban J connectivity index is 1.71. The molecule has 1 heterocycles. The highest BCUT2D eigenvalue weighted by atomic mass is 32.2. The summed E-state index contributed by atoms with van der Waals surface area (Å²) in [7, 11) is -4.21. The van der Waals surface area contributed by atoms with Crippen LogP contribution in [0.15, 0.2) is 53.4 Å². The average Bonchev–Trinajstić information content (AvgIpc) is 3.08. The Bertz CT molecular complexity index is 902. The van der Waals surface area contributed by atoms with Crippen molar-refractivity contribution >= 4 is 21.4 Å². The third kappa shape index (κ3) is 4.72. The van der Waals surface area contributed by atoms with Crippen molar-refractivity contribution in [3.05, 3.63) is 54.1 Å². The molecule has 27 heavy (non-hydrogen) atoms. The molecule has 1 aliphatic rings. The van der Waals surface area contributed by atoms with Crippen LogP contribution in [0.5, 0.6) is 0 Å². The summed E-state index contributed by atoms with van der Waals surface area (Å²) in [5.41, 5.74) is -0.0894. The summed E-state index contributed by atoms with van der Waals surface area (Å²) < 4.78 is 62.6. The molecule has 1 fully saturated rings. The molecule has 1 unspecified atom stereocenters. The van der Waals surface area contributed by atoms with E-state index in [1.165, 1.54) is 0 Å². The van der Waals surface area contributed by atoms with Crippen molar-refractivity contribution in [3.8, 4) is 0 Å². The molecule has 0 spiro atoms. The fraction of sp³-hybridized carbons (Fsp3) is 0.333. The summed E-state index contributed by atoms with van der Waals surface area (Å²) in [5, 5.41) is 7.77. The van der Waals surface area contributed by atoms with Gasteiger partial charge < -0.3 is 10.2 Å². The minimum absolute atomic E-state index is 0.145. The van der Waals surface area contributed by atoms with Gasteiger partial charge in [0.2, 0.25) is 10.0 Å². The topological polar surface area (TPSA) is 75.4 Å². The van der Waals surface area contributed by atoms with E-state index in [-0.39, 0.29) is 11.6 Å². The Kier molecular flexibility index (Phi) is 5.34. The number of para-hydroxylation sites is 1. The highest BCUT2D eigenvalue weighted by molar-refractivity contribution is 7.89. The van der Waals surface area contributed by atoms with Gasteiger partial charge in [0.15, 0.2) is 0 Å². The minimum Gasteiger partial charge on any atom is -0.384 e. The maximum absolute atomic E-state index is 13.3. The van der Waals surface area contributed by atoms with Gasteiger partial charge >= 0.3 is 6.18 Å². The number of alkyl halides is 3. The van der Waals surface area contributed by atoms with Gasteiger partial charge in [-0.1, -0.05) is 18.2 Å². The van der Waals surface area contributed by atoms with Gasteiger partial charge in [-0.2, -0.15) is 13.2 Å². The van der Waals surface area contributed by atoms with E-state index in [1.54, 1.807) is 0 Å². The Morgan fingerprint density at radius 3 is 2.48 bits per heavy atom. The van der Waals surface area contributed by atoms with E-state index in [1.807, 2.05) is 30.3 Å². The Labute approximate surface area is 156 Å². The maximum Gasteiger partial charge on any atom is 0.418 e. The largest absolute Gasteiger partial charge is 0.418 e. The lowest BCUT2D eigenvalue weighted by Crippen LogP contribution is -2.23. The van der Waals surface area contributed by atoms with E-state index in [9.17, 15) is 21.6 Å². The predicted molar refractivity (Wildman–Crippen MR) is 98.1 cm³/mol. The summed E-state index contributed by atoms with van der Waals surface area (Å²) in [4.78, 5) is 1.64. The Hall–Kier alpha value is -2.26. The lowest BCUT2D eigenvalue weighted by molar-refractivity contribution is -0.137. The molecular weight excluding hydrogens is 379 g/mol. The second-order valence-electron chi connectivity index (χ2n) is 6.57. The van der Waals surface area contributed by atoms with Gasteiger partial charge in [0.25, 0.3) is 0 Å². The van der Waals surface area contributed by atoms with Crippen LogP contribution in [0.1, 0.15) is 12.0 Å². The van der Waals surface area contributed by atoms with Crippen LogP contribution in [0.25, 0.3) is 0 Å². The van der Waals surface area contributed by atoms with E-state index in [4.69, 9.17) is 5.14 Å². The van der Waals surface area contributed by atoms with Crippen molar-refractivity contribution in [1.82, 2.24) is 0 Å². The number of hydrogen-bond acceptors (Lipinski definition) is 4. The van der Waals surface area contributed by atoms with Crippen LogP contribution in [0.3, 0.4) is 0 Å². The highest BCUT2D eigenvalue weighted by Gasteiger charge is 2.35. The first-order chi connectivity index (χ1) is 12.6. The highest BCUT2D eigenvalue weighted by Crippen LogP contribution is 2.36. The van der Waals surface area contributed by atoms with Crippen molar-refractivity contribution in [1.29, 1.82) is 0 Å². The first-order valence-electron chi connectivity index (χ1n) is 8.42. The molecule has 0 saturated carbocycles. The lowest BCUT2D eigenvalue weighted by Gasteiger charge is -2.20. The van der Waals surface area contributed by atoms with E-state index in [0.717, 1.165) is 37.3 Å². The number of anilines is 2. The molecule has 1 atom stereocenters. The number of nitrogens with two attached hydrogens (primary N) is 1. The van der Waals surface area contributed by atoms with Crippen molar-refractivity contribution in [3.63, 3.8) is 0 Å². The molecule has 0 aromatic heterocycles. The number of primary sulfonamides is 1. The third-order valence-corrected chi connectivity index (χ3v) is 5.52. The Morgan fingerprint density at radius 2 is 1.85 bits per heavy atom. The molecule has 3 rings (SSSR count). The molecule has 9 heteroatoms. The molecule has 3 N–H and O–H groups in total. The zero-order chi connectivity index (χ0) is 19.7. The fourth-order valence-electron chi connectivity index (χ4n) is 3.22. The summed E-state index contributed by atoms with van der Waals surface area (Å²) >= 11 is 0. The SMILES string of the molecule is NS(=O)(=O)c1ccc(NCC2CCN(c3ccccc3)C2)c(C(F)(F)F)c1. The zero-order valence-electron chi connectivity index (χ0n) is 14.4. The molecule has 0 amide bonds. The van der Waals surface area contributed by atoms with E-state index >= 15 is 0 Å². The van der Waals surface area contributed by atoms with Gasteiger partial charge in [-0.05, 0) is 42.7 Å². The van der Waals surface area contributed by atoms with Crippen LogP contribution < -0.4 is 15.4 Å². The number of benzene rings is 2. The molecule has 1 saturated heterocycles. The summed E-state index contributed by atoms with van der Waals surface area (Å²) in [6.45, 7) is 1.95. The first kappa shape index (κ1) is 19.5. The van der Waals surface area contributed by atoms with Crippen LogP contribution in [0.2, 0.25) is 0 Å². The minimum atomic E-state index is -4.69. The van der Waals surface area contributed by atoms with Gasteiger partial charge in [0.05, 0.1) is 10.5 Å². The monoisotopic (exact) mass is 399 g/mol. The number of nitrogens with one attached hydrogen (secondary N) is 1. The summed E-state index contributed by atoms with van der Waals surface area (Å²) in [6, 6.07) is 12.6. The first-order valence-corrected chi connectivity index (χ1v) is 9.97. The standard InChI is InChI=1S/C18H20F3N3O2S/c19-18(20,21)16-10-15(27(22,25)26)6-7-17(16)23-11-13-8-9-24(12-13)14-4-2-1-3-5-14/h1-7,10,13,23H,8-9,11-12H2,(H2,22,25,26). The molecule has 2 aromatic carbocycles. The van der Waals surface area contributed by atoms with Gasteiger partial charge in [-0.25, -0.2) is 13.6 Å². The van der Waals surface area contributed by atoms with Crippen LogP contribution >= 0.6 is 0 Å². The summed E-state index contributed by atoms with van der Waals surface area (Å²) in [6.07, 6.45) is -3.83. The normalized spacial score (nSPS) is 17.9. The average molecular weight is 399 g/mol. The zero-order valence-corrected chi connectivity index (χ0v) is 15.2. The van der Waals surface area contributed by atoms with Crippen molar-refractivity contribution in [2.75, 3.05) is 29.9 Å². The molecule has 5 nitrogen and oxygen atoms in total. The molecule has 146 valence electrons. The van der Waals surface area contributed by atoms with Crippen LogP contribution in [0.4, 0.5) is 24.5 Å². The van der Waals surface area contributed by atoms with Gasteiger partial charge in [0.1, 0.15) is 0 Å². The molecule has 2 aromatic rings. The van der Waals surface area contributed by atoms with Crippen LogP contribution in [-0.4, -0.2) is 28.1 Å². The molecule has 0 aliphatic carbocycles. The quantitative estimate of drug-likeness (QED) is 0.809. The number of hydrogen-bond donors (Lipinski definition) is 2. The molecular formula is C18H20F3N3O2S. The summed E-state index contributed by atoms with van der Waals surface area (Å²) in [5.74, 6) is 0.184. The molecule has 1 aliphatic heterocycles. The van der Waals surface area contributed by atoms with Crippen LogP contribution in [0, 0.1) is 5.92 Å².